The third-order valence-electron chi connectivity index (χ3n) is 4.71. The maximum absolute atomic E-state index is 12.4. The van der Waals surface area contributed by atoms with Crippen LogP contribution in [0.4, 0.5) is 5.69 Å². The zero-order valence-electron chi connectivity index (χ0n) is 16.9. The molecule has 7 heteroatoms. The molecule has 0 aromatic heterocycles. The molecule has 3 aromatic rings. The van der Waals surface area contributed by atoms with E-state index in [9.17, 15) is 9.59 Å². The lowest BCUT2D eigenvalue weighted by molar-refractivity contribution is 0.0471. The first-order valence-electron chi connectivity index (χ1n) is 9.73. The smallest absolute Gasteiger partial charge is 0.338 e. The molecule has 0 saturated heterocycles. The van der Waals surface area contributed by atoms with Gasteiger partial charge in [0.05, 0.1) is 12.7 Å². The highest BCUT2D eigenvalue weighted by atomic mass is 16.6. The zero-order valence-corrected chi connectivity index (χ0v) is 16.9. The maximum Gasteiger partial charge on any atom is 0.338 e. The second-order valence-corrected chi connectivity index (χ2v) is 6.81. The van der Waals surface area contributed by atoms with Crippen molar-refractivity contribution in [1.82, 2.24) is 0 Å². The van der Waals surface area contributed by atoms with Gasteiger partial charge in [0.15, 0.2) is 11.5 Å². The molecule has 4 rings (SSSR count). The summed E-state index contributed by atoms with van der Waals surface area (Å²) in [6.07, 6.45) is 0. The van der Waals surface area contributed by atoms with Gasteiger partial charge < -0.3 is 24.3 Å². The Kier molecular flexibility index (Phi) is 6.03. The minimum atomic E-state index is -0.460. The van der Waals surface area contributed by atoms with Gasteiger partial charge in [-0.1, -0.05) is 12.1 Å². The number of anilines is 1. The van der Waals surface area contributed by atoms with Crippen LogP contribution in [-0.4, -0.2) is 32.2 Å². The zero-order chi connectivity index (χ0) is 21.6. The SMILES string of the molecule is COc1ccc(NC(=O)c2ccc(COC(=O)c3ccc4c(c3)OCCO4)cc2)cc1. The summed E-state index contributed by atoms with van der Waals surface area (Å²) in [4.78, 5) is 24.7. The monoisotopic (exact) mass is 419 g/mol. The largest absolute Gasteiger partial charge is 0.497 e. The van der Waals surface area contributed by atoms with Gasteiger partial charge >= 0.3 is 5.97 Å². The highest BCUT2D eigenvalue weighted by molar-refractivity contribution is 6.04. The molecule has 7 nitrogen and oxygen atoms in total. The van der Waals surface area contributed by atoms with Gasteiger partial charge in [-0.3, -0.25) is 4.79 Å². The van der Waals surface area contributed by atoms with E-state index in [4.69, 9.17) is 18.9 Å². The first kappa shape index (κ1) is 20.3. The topological polar surface area (TPSA) is 83.1 Å². The number of rotatable bonds is 6. The molecule has 1 aliphatic rings. The van der Waals surface area contributed by atoms with E-state index >= 15 is 0 Å². The van der Waals surface area contributed by atoms with E-state index in [0.29, 0.717) is 47.3 Å². The predicted molar refractivity (Wildman–Crippen MR) is 114 cm³/mol. The first-order valence-corrected chi connectivity index (χ1v) is 9.73. The molecule has 0 bridgehead atoms. The quantitative estimate of drug-likeness (QED) is 0.607. The van der Waals surface area contributed by atoms with E-state index in [-0.39, 0.29) is 12.5 Å². The summed E-state index contributed by atoms with van der Waals surface area (Å²) >= 11 is 0. The van der Waals surface area contributed by atoms with Crippen LogP contribution in [-0.2, 0) is 11.3 Å². The summed E-state index contributed by atoms with van der Waals surface area (Å²) < 4.78 is 21.4. The van der Waals surface area contributed by atoms with E-state index < -0.39 is 5.97 Å². The number of amides is 1. The highest BCUT2D eigenvalue weighted by Gasteiger charge is 2.16. The summed E-state index contributed by atoms with van der Waals surface area (Å²) in [5.41, 5.74) is 2.33. The molecule has 0 atom stereocenters. The standard InChI is InChI=1S/C24H21NO6/c1-28-20-9-7-19(8-10-20)25-23(26)17-4-2-16(3-5-17)15-31-24(27)18-6-11-21-22(14-18)30-13-12-29-21/h2-11,14H,12-13,15H2,1H3,(H,25,26). The van der Waals surface area contributed by atoms with E-state index in [0.717, 1.165) is 5.56 Å². The summed E-state index contributed by atoms with van der Waals surface area (Å²) in [5.74, 6) is 1.18. The van der Waals surface area contributed by atoms with Crippen molar-refractivity contribution < 1.29 is 28.5 Å². The van der Waals surface area contributed by atoms with E-state index in [1.54, 1.807) is 73.8 Å². The van der Waals surface area contributed by atoms with Gasteiger partial charge in [0.1, 0.15) is 25.6 Å². The Morgan fingerprint density at radius 2 is 1.55 bits per heavy atom. The molecule has 0 unspecified atom stereocenters. The molecule has 0 spiro atoms. The van der Waals surface area contributed by atoms with Crippen molar-refractivity contribution in [3.8, 4) is 17.2 Å². The second kappa shape index (κ2) is 9.21. The molecule has 31 heavy (non-hydrogen) atoms. The Morgan fingerprint density at radius 3 is 2.26 bits per heavy atom. The van der Waals surface area contributed by atoms with Crippen molar-refractivity contribution in [2.75, 3.05) is 25.6 Å². The Labute approximate surface area is 179 Å². The molecule has 1 amide bonds. The Balaban J connectivity index is 1.32. The van der Waals surface area contributed by atoms with Crippen LogP contribution in [0.1, 0.15) is 26.3 Å². The van der Waals surface area contributed by atoms with Crippen molar-refractivity contribution in [3.63, 3.8) is 0 Å². The summed E-state index contributed by atoms with van der Waals surface area (Å²) in [5, 5.41) is 2.82. The van der Waals surface area contributed by atoms with E-state index in [1.165, 1.54) is 0 Å². The van der Waals surface area contributed by atoms with Gasteiger partial charge in [-0.05, 0) is 60.2 Å². The van der Waals surface area contributed by atoms with Crippen LogP contribution in [0.15, 0.2) is 66.7 Å². The molecule has 158 valence electrons. The number of hydrogen-bond acceptors (Lipinski definition) is 6. The van der Waals surface area contributed by atoms with Crippen molar-refractivity contribution in [2.24, 2.45) is 0 Å². The van der Waals surface area contributed by atoms with Gasteiger partial charge in [0, 0.05) is 11.3 Å². The van der Waals surface area contributed by atoms with Crippen LogP contribution >= 0.6 is 0 Å². The van der Waals surface area contributed by atoms with Crippen molar-refractivity contribution >= 4 is 17.6 Å². The molecular formula is C24H21NO6. The van der Waals surface area contributed by atoms with Gasteiger partial charge in [-0.15, -0.1) is 0 Å². The molecule has 1 heterocycles. The summed E-state index contributed by atoms with van der Waals surface area (Å²) in [6.45, 7) is 1.03. The molecule has 0 saturated carbocycles. The van der Waals surface area contributed by atoms with Crippen LogP contribution in [0.2, 0.25) is 0 Å². The average molecular weight is 419 g/mol. The second-order valence-electron chi connectivity index (χ2n) is 6.81. The molecule has 0 aliphatic carbocycles. The number of carbonyl (C=O) groups is 2. The van der Waals surface area contributed by atoms with Crippen molar-refractivity contribution in [3.05, 3.63) is 83.4 Å². The third kappa shape index (κ3) is 4.95. The fourth-order valence-corrected chi connectivity index (χ4v) is 3.03. The minimum absolute atomic E-state index is 0.0909. The van der Waals surface area contributed by atoms with E-state index in [1.807, 2.05) is 0 Å². The number of methoxy groups -OCH3 is 1. The van der Waals surface area contributed by atoms with Crippen LogP contribution in [0.25, 0.3) is 0 Å². The van der Waals surface area contributed by atoms with Crippen LogP contribution in [0, 0.1) is 0 Å². The van der Waals surface area contributed by atoms with Crippen LogP contribution in [0.3, 0.4) is 0 Å². The van der Waals surface area contributed by atoms with Gasteiger partial charge in [0.25, 0.3) is 5.91 Å². The summed E-state index contributed by atoms with van der Waals surface area (Å²) in [6, 6.07) is 18.9. The fourth-order valence-electron chi connectivity index (χ4n) is 3.03. The number of carbonyl (C=O) groups excluding carboxylic acids is 2. The number of hydrogen-bond donors (Lipinski definition) is 1. The lowest BCUT2D eigenvalue weighted by atomic mass is 10.1. The number of ether oxygens (including phenoxy) is 4. The van der Waals surface area contributed by atoms with Gasteiger partial charge in [-0.2, -0.15) is 0 Å². The lowest BCUT2D eigenvalue weighted by Gasteiger charge is -2.18. The Morgan fingerprint density at radius 1 is 0.871 bits per heavy atom. The summed E-state index contributed by atoms with van der Waals surface area (Å²) in [7, 11) is 1.59. The Bertz CT molecular complexity index is 1080. The van der Waals surface area contributed by atoms with Gasteiger partial charge in [-0.25, -0.2) is 4.79 Å². The Hall–Kier alpha value is -4.00. The van der Waals surface area contributed by atoms with Crippen molar-refractivity contribution in [1.29, 1.82) is 0 Å². The molecule has 0 radical (unpaired) electrons. The third-order valence-corrected chi connectivity index (χ3v) is 4.71. The van der Waals surface area contributed by atoms with Crippen LogP contribution < -0.4 is 19.5 Å². The minimum Gasteiger partial charge on any atom is -0.497 e. The molecule has 0 fully saturated rings. The normalized spacial score (nSPS) is 12.0. The number of benzene rings is 3. The first-order chi connectivity index (χ1) is 15.1. The van der Waals surface area contributed by atoms with E-state index in [2.05, 4.69) is 5.32 Å². The molecular weight excluding hydrogens is 398 g/mol. The number of nitrogens with one attached hydrogen (secondary N) is 1. The lowest BCUT2D eigenvalue weighted by Crippen LogP contribution is -2.16. The average Bonchev–Trinajstić information content (AvgIpc) is 2.83. The maximum atomic E-state index is 12.4. The number of esters is 1. The molecule has 1 aliphatic heterocycles. The van der Waals surface area contributed by atoms with Gasteiger partial charge in [0.2, 0.25) is 0 Å². The fraction of sp³-hybridized carbons (Fsp3) is 0.167. The van der Waals surface area contributed by atoms with Crippen molar-refractivity contribution in [2.45, 2.75) is 6.61 Å². The predicted octanol–water partition coefficient (Wildman–Crippen LogP) is 4.08. The number of fused-ring (bicyclic) bond motifs is 1. The molecule has 3 aromatic carbocycles. The van der Waals surface area contributed by atoms with Crippen LogP contribution in [0.5, 0.6) is 17.2 Å². The highest BCUT2D eigenvalue weighted by Crippen LogP contribution is 2.31. The molecule has 1 N–H and O–H groups in total.